The monoisotopic (exact) mass is 298 g/mol. The number of H-pyrrole nitrogens is 1. The van der Waals surface area contributed by atoms with Gasteiger partial charge in [-0.1, -0.05) is 29.4 Å². The van der Waals surface area contributed by atoms with Gasteiger partial charge in [-0.25, -0.2) is 4.98 Å². The number of hydrogen-bond acceptors (Lipinski definition) is 5. The Morgan fingerprint density at radius 2 is 2.37 bits per heavy atom. The number of nitrogens with zero attached hydrogens (tertiary/aromatic N) is 2. The quantitative estimate of drug-likeness (QED) is 0.768. The van der Waals surface area contributed by atoms with Crippen molar-refractivity contribution in [1.82, 2.24) is 20.5 Å². The van der Waals surface area contributed by atoms with E-state index >= 15 is 0 Å². The van der Waals surface area contributed by atoms with E-state index in [9.17, 15) is 0 Å². The van der Waals surface area contributed by atoms with Crippen LogP contribution in [0.1, 0.15) is 5.56 Å². The Labute approximate surface area is 121 Å². The molecule has 1 aromatic carbocycles. The highest BCUT2D eigenvalue weighted by Crippen LogP contribution is 2.28. The van der Waals surface area contributed by atoms with E-state index in [1.807, 2.05) is 18.2 Å². The third kappa shape index (κ3) is 4.50. The number of ether oxygens (including phenoxy) is 1. The highest BCUT2D eigenvalue weighted by Gasteiger charge is 2.04. The maximum Gasteiger partial charge on any atom is 0.188 e. The molecule has 0 aliphatic heterocycles. The normalized spacial score (nSPS) is 10.8. The molecule has 7 heteroatoms. The second kappa shape index (κ2) is 7.49. The van der Waals surface area contributed by atoms with E-state index in [0.29, 0.717) is 6.61 Å². The van der Waals surface area contributed by atoms with Gasteiger partial charge in [-0.2, -0.15) is 5.10 Å². The number of rotatable bonds is 7. The summed E-state index contributed by atoms with van der Waals surface area (Å²) in [4.78, 5) is 5.09. The zero-order valence-electron chi connectivity index (χ0n) is 10.5. The molecular formula is C12H15ClN4OS. The highest BCUT2D eigenvalue weighted by atomic mass is 35.5. The van der Waals surface area contributed by atoms with Crippen LogP contribution in [0, 0.1) is 0 Å². The molecule has 0 aliphatic carbocycles. The van der Waals surface area contributed by atoms with Crippen LogP contribution in [0.4, 0.5) is 0 Å². The first kappa shape index (κ1) is 14.3. The lowest BCUT2D eigenvalue weighted by Gasteiger charge is -2.07. The summed E-state index contributed by atoms with van der Waals surface area (Å²) in [5.74, 6) is 0. The van der Waals surface area contributed by atoms with Gasteiger partial charge in [-0.05, 0) is 17.7 Å². The van der Waals surface area contributed by atoms with Gasteiger partial charge in [0.25, 0.3) is 0 Å². The molecule has 2 aromatic rings. The summed E-state index contributed by atoms with van der Waals surface area (Å²) in [5, 5.41) is 11.4. The lowest BCUT2D eigenvalue weighted by atomic mass is 10.2. The Balaban J connectivity index is 1.93. The van der Waals surface area contributed by atoms with Crippen LogP contribution >= 0.6 is 23.4 Å². The maximum atomic E-state index is 6.25. The smallest absolute Gasteiger partial charge is 0.188 e. The first-order chi connectivity index (χ1) is 9.29. The molecule has 0 saturated carbocycles. The zero-order valence-corrected chi connectivity index (χ0v) is 12.1. The number of benzene rings is 1. The van der Waals surface area contributed by atoms with Crippen molar-refractivity contribution in [2.45, 2.75) is 16.6 Å². The van der Waals surface area contributed by atoms with Crippen LogP contribution in [0.25, 0.3) is 0 Å². The van der Waals surface area contributed by atoms with Gasteiger partial charge in [-0.15, -0.1) is 0 Å². The Hall–Kier alpha value is -1.08. The predicted octanol–water partition coefficient (Wildman–Crippen LogP) is 2.35. The molecule has 5 nitrogen and oxygen atoms in total. The molecule has 19 heavy (non-hydrogen) atoms. The molecule has 0 saturated heterocycles. The molecule has 0 unspecified atom stereocenters. The molecule has 2 N–H and O–H groups in total. The van der Waals surface area contributed by atoms with Crippen molar-refractivity contribution in [2.75, 3.05) is 20.3 Å². The molecule has 0 atom stereocenters. The van der Waals surface area contributed by atoms with Crippen LogP contribution in [0.15, 0.2) is 34.6 Å². The van der Waals surface area contributed by atoms with Gasteiger partial charge >= 0.3 is 0 Å². The van der Waals surface area contributed by atoms with E-state index in [4.69, 9.17) is 16.3 Å². The lowest BCUT2D eigenvalue weighted by molar-refractivity contribution is 0.199. The molecule has 1 heterocycles. The highest BCUT2D eigenvalue weighted by molar-refractivity contribution is 7.99. The van der Waals surface area contributed by atoms with Crippen LogP contribution < -0.4 is 5.32 Å². The summed E-state index contributed by atoms with van der Waals surface area (Å²) in [6.45, 7) is 2.23. The van der Waals surface area contributed by atoms with E-state index in [1.165, 1.54) is 18.1 Å². The second-order valence-corrected chi connectivity index (χ2v) is 5.28. The summed E-state index contributed by atoms with van der Waals surface area (Å²) < 4.78 is 4.97. The number of halogens is 1. The number of aromatic amines is 1. The maximum absolute atomic E-state index is 6.25. The van der Waals surface area contributed by atoms with Crippen molar-refractivity contribution < 1.29 is 4.74 Å². The Morgan fingerprint density at radius 1 is 1.47 bits per heavy atom. The van der Waals surface area contributed by atoms with Crippen LogP contribution in [0.2, 0.25) is 5.02 Å². The van der Waals surface area contributed by atoms with Gasteiger partial charge in [-0.3, -0.25) is 5.10 Å². The van der Waals surface area contributed by atoms with Crippen molar-refractivity contribution in [2.24, 2.45) is 0 Å². The minimum Gasteiger partial charge on any atom is -0.383 e. The summed E-state index contributed by atoms with van der Waals surface area (Å²) in [6.07, 6.45) is 1.48. The fraction of sp³-hybridized carbons (Fsp3) is 0.333. The molecule has 102 valence electrons. The van der Waals surface area contributed by atoms with Gasteiger partial charge in [0.05, 0.1) is 6.61 Å². The van der Waals surface area contributed by atoms with Gasteiger partial charge in [0.15, 0.2) is 5.16 Å². The van der Waals surface area contributed by atoms with Crippen molar-refractivity contribution in [3.8, 4) is 0 Å². The van der Waals surface area contributed by atoms with Crippen LogP contribution in [-0.4, -0.2) is 35.4 Å². The summed E-state index contributed by atoms with van der Waals surface area (Å²) in [7, 11) is 1.68. The molecule has 1 aromatic heterocycles. The average Bonchev–Trinajstić information content (AvgIpc) is 2.90. The van der Waals surface area contributed by atoms with E-state index in [2.05, 4.69) is 20.5 Å². The van der Waals surface area contributed by atoms with Crippen LogP contribution in [-0.2, 0) is 11.3 Å². The summed E-state index contributed by atoms with van der Waals surface area (Å²) in [6, 6.07) is 5.97. The molecule has 0 aliphatic rings. The lowest BCUT2D eigenvalue weighted by Crippen LogP contribution is -2.18. The Bertz CT molecular complexity index is 506. The fourth-order valence-corrected chi connectivity index (χ4v) is 2.53. The first-order valence-electron chi connectivity index (χ1n) is 5.81. The van der Waals surface area contributed by atoms with Crippen molar-refractivity contribution in [1.29, 1.82) is 0 Å². The van der Waals surface area contributed by atoms with Crippen molar-refractivity contribution in [3.05, 3.63) is 35.1 Å². The van der Waals surface area contributed by atoms with Gasteiger partial charge < -0.3 is 10.1 Å². The summed E-state index contributed by atoms with van der Waals surface area (Å²) >= 11 is 7.75. The van der Waals surface area contributed by atoms with Gasteiger partial charge in [0, 0.05) is 30.1 Å². The topological polar surface area (TPSA) is 62.8 Å². The molecule has 0 spiro atoms. The minimum atomic E-state index is 0.692. The third-order valence-electron chi connectivity index (χ3n) is 2.43. The Morgan fingerprint density at radius 3 is 3.05 bits per heavy atom. The third-order valence-corrected chi connectivity index (χ3v) is 3.66. The average molecular weight is 299 g/mol. The van der Waals surface area contributed by atoms with E-state index in [1.54, 1.807) is 7.11 Å². The number of hydrogen-bond donors (Lipinski definition) is 2. The fourth-order valence-electron chi connectivity index (χ4n) is 1.49. The van der Waals surface area contributed by atoms with Gasteiger partial charge in [0.2, 0.25) is 0 Å². The standard InChI is InChI=1S/C12H15ClN4OS/c1-18-5-4-14-7-9-2-3-10(6-11(9)13)19-12-15-8-16-17-12/h2-3,6,8,14H,4-5,7H2,1H3,(H,15,16,17). The van der Waals surface area contributed by atoms with E-state index < -0.39 is 0 Å². The molecule has 2 rings (SSSR count). The first-order valence-corrected chi connectivity index (χ1v) is 7.00. The molecule has 0 radical (unpaired) electrons. The number of methoxy groups -OCH3 is 1. The molecule has 0 fully saturated rings. The van der Waals surface area contributed by atoms with E-state index in [-0.39, 0.29) is 0 Å². The number of nitrogens with one attached hydrogen (secondary N) is 2. The Kier molecular flexibility index (Phi) is 5.65. The summed E-state index contributed by atoms with van der Waals surface area (Å²) in [5.41, 5.74) is 1.07. The molecule has 0 amide bonds. The largest absolute Gasteiger partial charge is 0.383 e. The van der Waals surface area contributed by atoms with Gasteiger partial charge in [0.1, 0.15) is 6.33 Å². The zero-order chi connectivity index (χ0) is 13.5. The second-order valence-electron chi connectivity index (χ2n) is 3.82. The predicted molar refractivity (Wildman–Crippen MR) is 75.5 cm³/mol. The number of aromatic nitrogens is 3. The van der Waals surface area contributed by atoms with Crippen LogP contribution in [0.5, 0.6) is 0 Å². The molecular weight excluding hydrogens is 284 g/mol. The molecule has 0 bridgehead atoms. The minimum absolute atomic E-state index is 0.692. The van der Waals surface area contributed by atoms with Crippen LogP contribution in [0.3, 0.4) is 0 Å². The van der Waals surface area contributed by atoms with E-state index in [0.717, 1.165) is 33.7 Å². The van der Waals surface area contributed by atoms with Crippen molar-refractivity contribution in [3.63, 3.8) is 0 Å². The SMILES string of the molecule is COCCNCc1ccc(Sc2ncn[nH]2)cc1Cl. The van der Waals surface area contributed by atoms with Crippen molar-refractivity contribution >= 4 is 23.4 Å².